The second-order valence-corrected chi connectivity index (χ2v) is 6.47. The molecule has 2 aromatic rings. The average molecular weight is 314 g/mol. The number of aromatic nitrogens is 2. The lowest BCUT2D eigenvalue weighted by Gasteiger charge is -2.23. The minimum atomic E-state index is -0.769. The van der Waals surface area contributed by atoms with Gasteiger partial charge in [-0.2, -0.15) is 0 Å². The van der Waals surface area contributed by atoms with Crippen LogP contribution < -0.4 is 5.32 Å². The lowest BCUT2D eigenvalue weighted by molar-refractivity contribution is -0.149. The highest BCUT2D eigenvalue weighted by molar-refractivity contribution is 5.91. The van der Waals surface area contributed by atoms with Crippen LogP contribution in [0.5, 0.6) is 0 Å². The van der Waals surface area contributed by atoms with Crippen molar-refractivity contribution in [2.24, 2.45) is 11.3 Å². The minimum absolute atomic E-state index is 0.0699. The molecule has 2 atom stereocenters. The summed E-state index contributed by atoms with van der Waals surface area (Å²) in [6.07, 6.45) is 7.84. The first-order valence-electron chi connectivity index (χ1n) is 7.80. The van der Waals surface area contributed by atoms with Crippen LogP contribution in [0.4, 0.5) is 10.5 Å². The van der Waals surface area contributed by atoms with Crippen molar-refractivity contribution in [1.29, 1.82) is 0 Å². The van der Waals surface area contributed by atoms with Crippen molar-refractivity contribution in [3.8, 4) is 0 Å². The third kappa shape index (κ3) is 2.15. The Labute approximate surface area is 132 Å². The van der Waals surface area contributed by atoms with Crippen LogP contribution in [0.1, 0.15) is 19.3 Å². The summed E-state index contributed by atoms with van der Waals surface area (Å²) < 4.78 is 1.86. The fraction of sp³-hybridized carbons (Fsp3) is 0.438. The van der Waals surface area contributed by atoms with Gasteiger partial charge in [-0.25, -0.2) is 9.78 Å². The number of fused-ring (bicyclic) bond motifs is 2. The van der Waals surface area contributed by atoms with E-state index >= 15 is 0 Å². The van der Waals surface area contributed by atoms with Gasteiger partial charge in [-0.1, -0.05) is 6.42 Å². The van der Waals surface area contributed by atoms with E-state index in [0.717, 1.165) is 18.5 Å². The quantitative estimate of drug-likeness (QED) is 0.888. The number of hydrogen-bond donors (Lipinski definition) is 2. The largest absolute Gasteiger partial charge is 0.481 e. The Hall–Kier alpha value is -2.57. The molecule has 23 heavy (non-hydrogen) atoms. The predicted molar refractivity (Wildman–Crippen MR) is 83.2 cm³/mol. The molecule has 0 radical (unpaired) electrons. The summed E-state index contributed by atoms with van der Waals surface area (Å²) in [5.74, 6) is -0.699. The van der Waals surface area contributed by atoms with E-state index in [1.807, 2.05) is 16.8 Å². The van der Waals surface area contributed by atoms with Crippen molar-refractivity contribution in [3.63, 3.8) is 0 Å². The molecule has 1 saturated heterocycles. The fourth-order valence-electron chi connectivity index (χ4n) is 3.98. The van der Waals surface area contributed by atoms with Crippen LogP contribution in [0.15, 0.2) is 30.7 Å². The minimum Gasteiger partial charge on any atom is -0.481 e. The Morgan fingerprint density at radius 1 is 1.39 bits per heavy atom. The Morgan fingerprint density at radius 3 is 3.04 bits per heavy atom. The molecule has 120 valence electrons. The number of carbonyl (C=O) groups is 2. The molecule has 3 heterocycles. The average Bonchev–Trinajstić information content (AvgIpc) is 3.20. The number of carboxylic acids is 1. The molecule has 1 aliphatic carbocycles. The Bertz CT molecular complexity index is 786. The van der Waals surface area contributed by atoms with E-state index in [0.29, 0.717) is 25.2 Å². The molecule has 0 bridgehead atoms. The summed E-state index contributed by atoms with van der Waals surface area (Å²) in [4.78, 5) is 30.0. The van der Waals surface area contributed by atoms with Crippen molar-refractivity contribution in [1.82, 2.24) is 14.3 Å². The first-order chi connectivity index (χ1) is 11.1. The van der Waals surface area contributed by atoms with Gasteiger partial charge >= 0.3 is 12.0 Å². The van der Waals surface area contributed by atoms with Gasteiger partial charge < -0.3 is 19.7 Å². The van der Waals surface area contributed by atoms with Gasteiger partial charge in [-0.15, -0.1) is 0 Å². The second-order valence-electron chi connectivity index (χ2n) is 6.47. The summed E-state index contributed by atoms with van der Waals surface area (Å²) in [5, 5.41) is 12.4. The zero-order chi connectivity index (χ0) is 16.0. The number of nitrogens with zero attached hydrogens (tertiary/aromatic N) is 3. The van der Waals surface area contributed by atoms with Gasteiger partial charge in [-0.3, -0.25) is 4.79 Å². The van der Waals surface area contributed by atoms with Crippen LogP contribution in [0.2, 0.25) is 0 Å². The number of nitrogens with one attached hydrogen (secondary N) is 1. The van der Waals surface area contributed by atoms with Crippen LogP contribution >= 0.6 is 0 Å². The van der Waals surface area contributed by atoms with Crippen molar-refractivity contribution < 1.29 is 14.7 Å². The van der Waals surface area contributed by atoms with Crippen molar-refractivity contribution >= 4 is 23.3 Å². The molecule has 2 fully saturated rings. The zero-order valence-corrected chi connectivity index (χ0v) is 12.6. The summed E-state index contributed by atoms with van der Waals surface area (Å²) >= 11 is 0. The predicted octanol–water partition coefficient (Wildman–Crippen LogP) is 2.05. The van der Waals surface area contributed by atoms with E-state index in [1.54, 1.807) is 23.2 Å². The molecular formula is C16H18N4O3. The number of carboxylic acid groups (broad SMARTS) is 1. The van der Waals surface area contributed by atoms with Crippen LogP contribution in [0.25, 0.3) is 5.65 Å². The normalized spacial score (nSPS) is 26.4. The summed E-state index contributed by atoms with van der Waals surface area (Å²) in [6.45, 7) is 0.814. The van der Waals surface area contributed by atoms with Gasteiger partial charge in [0.2, 0.25) is 0 Å². The number of pyridine rings is 1. The smallest absolute Gasteiger partial charge is 0.321 e. The molecule has 2 aromatic heterocycles. The Balaban J connectivity index is 1.50. The third-order valence-electron chi connectivity index (χ3n) is 5.23. The first kappa shape index (κ1) is 14.0. The number of amides is 2. The monoisotopic (exact) mass is 314 g/mol. The van der Waals surface area contributed by atoms with Gasteiger partial charge in [0.25, 0.3) is 0 Å². The van der Waals surface area contributed by atoms with Crippen molar-refractivity contribution in [2.75, 3.05) is 18.4 Å². The summed E-state index contributed by atoms with van der Waals surface area (Å²) in [7, 11) is 0. The van der Waals surface area contributed by atoms with Gasteiger partial charge in [0.05, 0.1) is 5.41 Å². The van der Waals surface area contributed by atoms with E-state index < -0.39 is 11.4 Å². The van der Waals surface area contributed by atoms with Crippen molar-refractivity contribution in [3.05, 3.63) is 30.7 Å². The molecule has 0 unspecified atom stereocenters. The lowest BCUT2D eigenvalue weighted by Crippen LogP contribution is -2.38. The number of likely N-dealkylation sites (tertiary alicyclic amines) is 1. The number of hydrogen-bond acceptors (Lipinski definition) is 3. The van der Waals surface area contributed by atoms with Crippen LogP contribution in [-0.4, -0.2) is 44.5 Å². The molecule has 0 spiro atoms. The number of aliphatic carboxylic acids is 1. The van der Waals surface area contributed by atoms with Crippen molar-refractivity contribution in [2.45, 2.75) is 19.3 Å². The molecule has 0 aromatic carbocycles. The van der Waals surface area contributed by atoms with E-state index in [4.69, 9.17) is 0 Å². The highest BCUT2D eigenvalue weighted by Gasteiger charge is 2.55. The Kier molecular flexibility index (Phi) is 3.04. The van der Waals surface area contributed by atoms with E-state index in [2.05, 4.69) is 10.3 Å². The number of urea groups is 1. The maximum atomic E-state index is 12.5. The van der Waals surface area contributed by atoms with E-state index in [9.17, 15) is 14.7 Å². The summed E-state index contributed by atoms with van der Waals surface area (Å²) in [5.41, 5.74) is 0.669. The molecule has 7 nitrogen and oxygen atoms in total. The van der Waals surface area contributed by atoms with Gasteiger partial charge in [0.1, 0.15) is 5.65 Å². The molecule has 1 aliphatic heterocycles. The highest BCUT2D eigenvalue weighted by atomic mass is 16.4. The second kappa shape index (κ2) is 4.97. The maximum Gasteiger partial charge on any atom is 0.321 e. The molecule has 2 N–H and O–H groups in total. The zero-order valence-electron chi connectivity index (χ0n) is 12.6. The van der Waals surface area contributed by atoms with Crippen LogP contribution in [0.3, 0.4) is 0 Å². The molecule has 1 saturated carbocycles. The molecule has 2 amide bonds. The number of rotatable bonds is 2. The molecule has 4 rings (SSSR count). The standard InChI is InChI=1S/C16H18N4O3/c21-14(22)16-4-1-2-11(16)9-20(10-16)15(23)18-12-3-6-19-7-5-17-13(19)8-12/h3,5-8,11H,1-2,4,9-10H2,(H,18,23)(H,21,22)/t11-,16+/m0/s1. The van der Waals surface area contributed by atoms with Gasteiger partial charge in [0.15, 0.2) is 0 Å². The summed E-state index contributed by atoms with van der Waals surface area (Å²) in [6, 6.07) is 3.36. The molecule has 7 heteroatoms. The van der Waals surface area contributed by atoms with Crippen LogP contribution in [-0.2, 0) is 4.79 Å². The fourth-order valence-corrected chi connectivity index (χ4v) is 3.98. The third-order valence-corrected chi connectivity index (χ3v) is 5.23. The maximum absolute atomic E-state index is 12.5. The van der Waals surface area contributed by atoms with Crippen LogP contribution in [0, 0.1) is 11.3 Å². The van der Waals surface area contributed by atoms with E-state index in [-0.39, 0.29) is 11.9 Å². The number of imidazole rings is 1. The lowest BCUT2D eigenvalue weighted by atomic mass is 9.81. The SMILES string of the molecule is O=C(Nc1ccn2ccnc2c1)N1C[C@@H]2CCC[C@@]2(C(=O)O)C1. The molecule has 2 aliphatic rings. The number of anilines is 1. The first-order valence-corrected chi connectivity index (χ1v) is 7.80. The van der Waals surface area contributed by atoms with Gasteiger partial charge in [-0.05, 0) is 24.8 Å². The Morgan fingerprint density at radius 2 is 2.26 bits per heavy atom. The molecular weight excluding hydrogens is 296 g/mol. The topological polar surface area (TPSA) is 86.9 Å². The van der Waals surface area contributed by atoms with E-state index in [1.165, 1.54) is 0 Å². The highest BCUT2D eigenvalue weighted by Crippen LogP contribution is 2.48. The van der Waals surface area contributed by atoms with Gasteiger partial charge in [0, 0.05) is 43.4 Å². The number of carbonyl (C=O) groups excluding carboxylic acids is 1.